The Balaban J connectivity index is 0.000000180. The molecule has 6 rings (SSSR count). The average molecular weight is 649 g/mol. The zero-order valence-corrected chi connectivity index (χ0v) is 28.5. The van der Waals surface area contributed by atoms with Crippen molar-refractivity contribution < 1.29 is 14.4 Å². The summed E-state index contributed by atoms with van der Waals surface area (Å²) in [7, 11) is 4.25. The first-order valence-corrected chi connectivity index (χ1v) is 17.4. The summed E-state index contributed by atoms with van der Waals surface area (Å²) in [5.74, 6) is 0.420. The van der Waals surface area contributed by atoms with Crippen molar-refractivity contribution in [3.63, 3.8) is 0 Å². The summed E-state index contributed by atoms with van der Waals surface area (Å²) in [4.78, 5) is 45.9. The fourth-order valence-electron chi connectivity index (χ4n) is 6.23. The lowest BCUT2D eigenvalue weighted by Gasteiger charge is -2.36. The van der Waals surface area contributed by atoms with Crippen molar-refractivity contribution in [2.24, 2.45) is 0 Å². The number of hydrogen-bond acceptors (Lipinski definition) is 7. The molecule has 11 heteroatoms. The van der Waals surface area contributed by atoms with Crippen LogP contribution in [0.4, 0.5) is 21.0 Å². The van der Waals surface area contributed by atoms with Crippen LogP contribution in [0.2, 0.25) is 0 Å². The molecule has 4 amide bonds. The molecule has 258 valence electrons. The molecule has 4 heterocycles. The predicted octanol–water partition coefficient (Wildman–Crippen LogP) is 4.12. The number of benzene rings is 2. The summed E-state index contributed by atoms with van der Waals surface area (Å²) in [5.41, 5.74) is 1.72. The first kappa shape index (κ1) is 36.3. The molecule has 0 spiro atoms. The third-order valence-corrected chi connectivity index (χ3v) is 9.24. The van der Waals surface area contributed by atoms with Crippen LogP contribution in [0.3, 0.4) is 0 Å². The number of rotatable bonds is 3. The van der Waals surface area contributed by atoms with Gasteiger partial charge in [-0.1, -0.05) is 36.4 Å². The van der Waals surface area contributed by atoms with Crippen molar-refractivity contribution in [3.8, 4) is 0 Å². The second-order valence-corrected chi connectivity index (χ2v) is 12.9. The minimum Gasteiger partial charge on any atom is -0.323 e. The van der Waals surface area contributed by atoms with Crippen LogP contribution in [-0.2, 0) is 4.79 Å². The van der Waals surface area contributed by atoms with Gasteiger partial charge in [0.05, 0.1) is 0 Å². The van der Waals surface area contributed by atoms with Crippen LogP contribution in [0.5, 0.6) is 0 Å². The second kappa shape index (κ2) is 20.0. The zero-order valence-electron chi connectivity index (χ0n) is 28.5. The molecule has 0 atom stereocenters. The van der Waals surface area contributed by atoms with Crippen LogP contribution in [0.15, 0.2) is 60.7 Å². The van der Waals surface area contributed by atoms with E-state index in [1.165, 1.54) is 25.9 Å². The van der Waals surface area contributed by atoms with Gasteiger partial charge in [0.25, 0.3) is 0 Å². The predicted molar refractivity (Wildman–Crippen MR) is 190 cm³/mol. The molecule has 0 unspecified atom stereocenters. The highest BCUT2D eigenvalue weighted by molar-refractivity contribution is 5.89. The van der Waals surface area contributed by atoms with E-state index in [1.807, 2.05) is 77.5 Å². The lowest BCUT2D eigenvalue weighted by Crippen LogP contribution is -2.45. The fraction of sp³-hybridized carbons (Fsp3) is 0.583. The van der Waals surface area contributed by atoms with E-state index in [0.717, 1.165) is 103 Å². The average Bonchev–Trinajstić information content (AvgIpc) is 3.53. The Hall–Kier alpha value is -3.51. The Morgan fingerprint density at radius 3 is 1.72 bits per heavy atom. The van der Waals surface area contributed by atoms with Gasteiger partial charge in [0.1, 0.15) is 5.78 Å². The molecule has 4 saturated heterocycles. The van der Waals surface area contributed by atoms with Crippen molar-refractivity contribution in [2.45, 2.75) is 44.6 Å². The maximum absolute atomic E-state index is 12.4. The Morgan fingerprint density at radius 2 is 1.15 bits per heavy atom. The molecule has 2 aromatic rings. The van der Waals surface area contributed by atoms with E-state index in [2.05, 4.69) is 37.7 Å². The van der Waals surface area contributed by atoms with E-state index in [9.17, 15) is 14.4 Å². The number of carbonyl (C=O) groups excluding carboxylic acids is 3. The summed E-state index contributed by atoms with van der Waals surface area (Å²) in [6, 6.07) is 20.0. The SMILES string of the molecule is CN1CCC(=O)CC1.CN1CCC(N2CCCN(C(=O)Nc3ccccc3)CC2)CC1.O=C(Nc1ccccc1)N1CCCNCC1. The molecule has 11 nitrogen and oxygen atoms in total. The molecule has 4 fully saturated rings. The lowest BCUT2D eigenvalue weighted by atomic mass is 10.0. The minimum absolute atomic E-state index is 0.00472. The molecule has 2 aromatic carbocycles. The van der Waals surface area contributed by atoms with Gasteiger partial charge in [0.2, 0.25) is 0 Å². The van der Waals surface area contributed by atoms with Crippen molar-refractivity contribution in [2.75, 3.05) is 103 Å². The number of nitrogens with one attached hydrogen (secondary N) is 3. The maximum atomic E-state index is 12.4. The Labute approximate surface area is 281 Å². The fourth-order valence-corrected chi connectivity index (χ4v) is 6.23. The molecule has 0 saturated carbocycles. The van der Waals surface area contributed by atoms with Crippen molar-refractivity contribution in [1.82, 2.24) is 29.8 Å². The van der Waals surface area contributed by atoms with Crippen LogP contribution in [0, 0.1) is 0 Å². The smallest absolute Gasteiger partial charge is 0.321 e. The highest BCUT2D eigenvalue weighted by Crippen LogP contribution is 2.18. The number of piperidine rings is 2. The van der Waals surface area contributed by atoms with Crippen LogP contribution in [-0.4, -0.2) is 141 Å². The van der Waals surface area contributed by atoms with Crippen LogP contribution >= 0.6 is 0 Å². The maximum Gasteiger partial charge on any atom is 0.321 e. The van der Waals surface area contributed by atoms with Gasteiger partial charge in [-0.3, -0.25) is 9.69 Å². The van der Waals surface area contributed by atoms with Gasteiger partial charge in [0.15, 0.2) is 0 Å². The number of hydrogen-bond donors (Lipinski definition) is 3. The van der Waals surface area contributed by atoms with E-state index in [-0.39, 0.29) is 12.1 Å². The summed E-state index contributed by atoms with van der Waals surface area (Å²) in [6.07, 6.45) is 6.11. The monoisotopic (exact) mass is 648 g/mol. The quantitative estimate of drug-likeness (QED) is 0.461. The first-order chi connectivity index (χ1) is 22.9. The molecule has 3 N–H and O–H groups in total. The minimum atomic E-state index is -0.00472. The molecule has 4 aliphatic heterocycles. The number of likely N-dealkylation sites (tertiary alicyclic amines) is 2. The van der Waals surface area contributed by atoms with Crippen LogP contribution in [0.1, 0.15) is 38.5 Å². The van der Waals surface area contributed by atoms with Crippen molar-refractivity contribution in [3.05, 3.63) is 60.7 Å². The van der Waals surface area contributed by atoms with Crippen LogP contribution < -0.4 is 16.0 Å². The van der Waals surface area contributed by atoms with E-state index in [4.69, 9.17) is 0 Å². The summed E-state index contributed by atoms with van der Waals surface area (Å²) in [6.45, 7) is 11.6. The number of carbonyl (C=O) groups is 3. The number of ketones is 1. The molecule has 0 bridgehead atoms. The molecule has 4 aliphatic rings. The Bertz CT molecular complexity index is 1190. The third-order valence-electron chi connectivity index (χ3n) is 9.24. The van der Waals surface area contributed by atoms with E-state index in [1.54, 1.807) is 0 Å². The van der Waals surface area contributed by atoms with Crippen molar-refractivity contribution in [1.29, 1.82) is 0 Å². The summed E-state index contributed by atoms with van der Waals surface area (Å²) in [5, 5.41) is 9.17. The third kappa shape index (κ3) is 13.3. The number of urea groups is 2. The highest BCUT2D eigenvalue weighted by Gasteiger charge is 2.26. The molecule has 0 aliphatic carbocycles. The van der Waals surface area contributed by atoms with E-state index >= 15 is 0 Å². The van der Waals surface area contributed by atoms with Gasteiger partial charge in [0, 0.05) is 89.2 Å². The summed E-state index contributed by atoms with van der Waals surface area (Å²) < 4.78 is 0. The number of Topliss-reactive ketones (excluding diaryl/α,β-unsaturated/α-hetero) is 1. The number of nitrogens with zero attached hydrogens (tertiary/aromatic N) is 5. The van der Waals surface area contributed by atoms with Gasteiger partial charge in [-0.2, -0.15) is 0 Å². The second-order valence-electron chi connectivity index (χ2n) is 12.9. The normalized spacial score (nSPS) is 20.4. The van der Waals surface area contributed by atoms with Gasteiger partial charge in [-0.25, -0.2) is 9.59 Å². The number of amides is 4. The van der Waals surface area contributed by atoms with E-state index < -0.39 is 0 Å². The van der Waals surface area contributed by atoms with Gasteiger partial charge in [-0.15, -0.1) is 0 Å². The Morgan fingerprint density at radius 1 is 0.617 bits per heavy atom. The topological polar surface area (TPSA) is 104 Å². The molecular weight excluding hydrogens is 592 g/mol. The lowest BCUT2D eigenvalue weighted by molar-refractivity contribution is -0.121. The summed E-state index contributed by atoms with van der Waals surface area (Å²) >= 11 is 0. The number of para-hydroxylation sites is 2. The highest BCUT2D eigenvalue weighted by atomic mass is 16.2. The van der Waals surface area contributed by atoms with Crippen molar-refractivity contribution >= 4 is 29.2 Å². The number of anilines is 2. The van der Waals surface area contributed by atoms with Gasteiger partial charge in [-0.05, 0) is 83.7 Å². The molecule has 0 aromatic heterocycles. The molecular formula is C36H56N8O3. The molecule has 0 radical (unpaired) electrons. The largest absolute Gasteiger partial charge is 0.323 e. The first-order valence-electron chi connectivity index (χ1n) is 17.4. The van der Waals surface area contributed by atoms with Gasteiger partial charge < -0.3 is 35.6 Å². The Kier molecular flexibility index (Phi) is 15.5. The zero-order chi connectivity index (χ0) is 33.3. The molecule has 47 heavy (non-hydrogen) atoms. The van der Waals surface area contributed by atoms with Crippen LogP contribution in [0.25, 0.3) is 0 Å². The standard InChI is InChI=1S/C18H28N4O.C12H17N3O.C6H11NO/c1-20-12-8-17(9-13-20)21-10-5-11-22(15-14-21)18(23)19-16-6-3-2-4-7-16;16-12(14-11-5-2-1-3-6-11)15-9-4-7-13-8-10-15;1-7-4-2-6(8)3-5-7/h2-4,6-7,17H,5,8-15H2,1H3,(H,19,23);1-3,5-6,13H,4,7-10H2,(H,14,16);2-5H2,1H3. The van der Waals surface area contributed by atoms with E-state index in [0.29, 0.717) is 11.8 Å². The van der Waals surface area contributed by atoms with Gasteiger partial charge >= 0.3 is 12.1 Å².